The van der Waals surface area contributed by atoms with Gasteiger partial charge >= 0.3 is 0 Å². The van der Waals surface area contributed by atoms with E-state index in [1.807, 2.05) is 44.3 Å². The van der Waals surface area contributed by atoms with Crippen LogP contribution in [0.5, 0.6) is 11.5 Å². The van der Waals surface area contributed by atoms with Gasteiger partial charge in [0.1, 0.15) is 17.1 Å². The maximum Gasteiger partial charge on any atom is 0.259 e. The van der Waals surface area contributed by atoms with Gasteiger partial charge in [0.25, 0.3) is 5.91 Å². The lowest BCUT2D eigenvalue weighted by Crippen LogP contribution is -2.26. The number of carbonyl (C=O) groups excluding carboxylic acids is 1. The largest absolute Gasteiger partial charge is 0.496 e. The number of methoxy groups -OCH3 is 2. The Bertz CT molecular complexity index is 1140. The van der Waals surface area contributed by atoms with Crippen molar-refractivity contribution in [2.75, 3.05) is 14.2 Å². The summed E-state index contributed by atoms with van der Waals surface area (Å²) in [5.74, 6) is 0.703. The van der Waals surface area contributed by atoms with Crippen LogP contribution in [0.1, 0.15) is 42.6 Å². The highest BCUT2D eigenvalue weighted by Crippen LogP contribution is 2.37. The fourth-order valence-corrected chi connectivity index (χ4v) is 3.42. The topological polar surface area (TPSA) is 88.7 Å². The highest BCUT2D eigenvalue weighted by Gasteiger charge is 2.28. The Labute approximate surface area is 175 Å². The van der Waals surface area contributed by atoms with Gasteiger partial charge in [-0.3, -0.25) is 4.79 Å². The van der Waals surface area contributed by atoms with Crippen molar-refractivity contribution in [2.45, 2.75) is 38.1 Å². The lowest BCUT2D eigenvalue weighted by molar-refractivity contribution is 0.0945. The van der Waals surface area contributed by atoms with E-state index in [-0.39, 0.29) is 11.9 Å². The number of fused-ring (bicyclic) bond motifs is 1. The van der Waals surface area contributed by atoms with E-state index in [2.05, 4.69) is 16.5 Å². The molecule has 1 aromatic carbocycles. The molecule has 4 rings (SSSR count). The molecular weight excluding hydrogens is 380 g/mol. The second-order valence-corrected chi connectivity index (χ2v) is 8.05. The van der Waals surface area contributed by atoms with Crippen LogP contribution in [0.15, 0.2) is 36.7 Å². The number of nitriles is 1. The molecule has 1 aliphatic carbocycles. The van der Waals surface area contributed by atoms with Crippen LogP contribution in [0.4, 0.5) is 0 Å². The molecule has 0 aliphatic heterocycles. The van der Waals surface area contributed by atoms with Crippen molar-refractivity contribution < 1.29 is 14.3 Å². The summed E-state index contributed by atoms with van der Waals surface area (Å²) in [5, 5.41) is 16.9. The van der Waals surface area contributed by atoms with Gasteiger partial charge in [0, 0.05) is 17.8 Å². The molecule has 1 fully saturated rings. The van der Waals surface area contributed by atoms with Crippen molar-refractivity contribution in [3.8, 4) is 28.7 Å². The highest BCUT2D eigenvalue weighted by molar-refractivity contribution is 6.01. The summed E-state index contributed by atoms with van der Waals surface area (Å²) in [6, 6.07) is 10.1. The average molecular weight is 404 g/mol. The summed E-state index contributed by atoms with van der Waals surface area (Å²) in [6.45, 7) is 3.75. The number of carbonyl (C=O) groups is 1. The molecule has 1 amide bonds. The quantitative estimate of drug-likeness (QED) is 0.677. The lowest BCUT2D eigenvalue weighted by Gasteiger charge is -2.16. The van der Waals surface area contributed by atoms with Crippen LogP contribution >= 0.6 is 0 Å². The summed E-state index contributed by atoms with van der Waals surface area (Å²) in [7, 11) is 3.08. The Morgan fingerprint density at radius 2 is 1.90 bits per heavy atom. The third kappa shape index (κ3) is 3.45. The molecule has 0 saturated heterocycles. The molecular formula is C23H24N4O3. The fraction of sp³-hybridized carbons (Fsp3) is 0.348. The van der Waals surface area contributed by atoms with Gasteiger partial charge in [-0.25, -0.2) is 4.52 Å². The van der Waals surface area contributed by atoms with Gasteiger partial charge < -0.3 is 14.8 Å². The fourth-order valence-electron chi connectivity index (χ4n) is 3.42. The van der Waals surface area contributed by atoms with E-state index in [1.54, 1.807) is 24.9 Å². The normalized spacial score (nSPS) is 13.7. The van der Waals surface area contributed by atoms with Crippen LogP contribution in [-0.2, 0) is 5.41 Å². The van der Waals surface area contributed by atoms with Crippen LogP contribution in [0.2, 0.25) is 0 Å². The zero-order valence-electron chi connectivity index (χ0n) is 17.5. The van der Waals surface area contributed by atoms with Crippen molar-refractivity contribution in [1.82, 2.24) is 14.9 Å². The minimum absolute atomic E-state index is 0.194. The third-order valence-corrected chi connectivity index (χ3v) is 5.47. The maximum absolute atomic E-state index is 12.7. The molecule has 0 atom stereocenters. The van der Waals surface area contributed by atoms with E-state index >= 15 is 0 Å². The van der Waals surface area contributed by atoms with Crippen molar-refractivity contribution in [1.29, 1.82) is 5.26 Å². The first kappa shape index (κ1) is 19.8. The SMILES string of the molecule is COc1cc(-c2cnn3cc(C(C)(C)C#N)ccc23)cc(OC)c1C(=O)NC1CC1. The molecule has 30 heavy (non-hydrogen) atoms. The van der Waals surface area contributed by atoms with Crippen LogP contribution in [0, 0.1) is 11.3 Å². The van der Waals surface area contributed by atoms with E-state index in [1.165, 1.54) is 0 Å². The molecule has 0 radical (unpaired) electrons. The van der Waals surface area contributed by atoms with Crippen molar-refractivity contribution >= 4 is 11.4 Å². The van der Waals surface area contributed by atoms with E-state index in [0.29, 0.717) is 17.1 Å². The van der Waals surface area contributed by atoms with Crippen LogP contribution in [-0.4, -0.2) is 35.8 Å². The Hall–Kier alpha value is -3.53. The number of amides is 1. The van der Waals surface area contributed by atoms with Crippen molar-refractivity contribution in [3.63, 3.8) is 0 Å². The monoisotopic (exact) mass is 404 g/mol. The second kappa shape index (κ2) is 7.38. The molecule has 3 aromatic rings. The molecule has 0 spiro atoms. The van der Waals surface area contributed by atoms with Gasteiger partial charge in [-0.05, 0) is 56.0 Å². The summed E-state index contributed by atoms with van der Waals surface area (Å²) in [5.41, 5.74) is 3.26. The average Bonchev–Trinajstić information content (AvgIpc) is 3.47. The number of rotatable bonds is 6. The van der Waals surface area contributed by atoms with E-state index in [0.717, 1.165) is 35.0 Å². The molecule has 1 N–H and O–H groups in total. The molecule has 1 aliphatic rings. The van der Waals surface area contributed by atoms with Crippen LogP contribution in [0.25, 0.3) is 16.6 Å². The zero-order chi connectivity index (χ0) is 21.5. The zero-order valence-corrected chi connectivity index (χ0v) is 17.5. The Morgan fingerprint density at radius 1 is 1.23 bits per heavy atom. The Morgan fingerprint density at radius 3 is 2.47 bits per heavy atom. The molecule has 7 heteroatoms. The number of pyridine rings is 1. The number of ether oxygens (including phenoxy) is 2. The molecule has 1 saturated carbocycles. The summed E-state index contributed by atoms with van der Waals surface area (Å²) in [4.78, 5) is 12.7. The predicted molar refractivity (Wildman–Crippen MR) is 113 cm³/mol. The number of benzene rings is 1. The highest BCUT2D eigenvalue weighted by atomic mass is 16.5. The van der Waals surface area contributed by atoms with Crippen LogP contribution < -0.4 is 14.8 Å². The Kier molecular flexibility index (Phi) is 4.86. The van der Waals surface area contributed by atoms with Crippen molar-refractivity contribution in [3.05, 3.63) is 47.8 Å². The predicted octanol–water partition coefficient (Wildman–Crippen LogP) is 3.71. The first-order valence-electron chi connectivity index (χ1n) is 9.84. The molecule has 0 unspecified atom stereocenters. The molecule has 2 aromatic heterocycles. The molecule has 7 nitrogen and oxygen atoms in total. The number of aromatic nitrogens is 2. The standard InChI is InChI=1S/C23H24N4O3/c1-23(2,13-24)15-5-8-18-17(11-25-27(18)12-15)14-9-19(29-3)21(20(10-14)30-4)22(28)26-16-6-7-16/h5,8-12,16H,6-7H2,1-4H3,(H,26,28). The first-order valence-corrected chi connectivity index (χ1v) is 9.84. The van der Waals surface area contributed by atoms with Gasteiger partial charge in [0.15, 0.2) is 0 Å². The Balaban J connectivity index is 1.79. The van der Waals surface area contributed by atoms with Crippen molar-refractivity contribution in [2.24, 2.45) is 0 Å². The molecule has 154 valence electrons. The number of nitrogens with zero attached hydrogens (tertiary/aromatic N) is 3. The first-order chi connectivity index (χ1) is 14.4. The van der Waals surface area contributed by atoms with E-state index in [9.17, 15) is 10.1 Å². The van der Waals surface area contributed by atoms with Crippen LogP contribution in [0.3, 0.4) is 0 Å². The molecule has 0 bridgehead atoms. The summed E-state index contributed by atoms with van der Waals surface area (Å²) < 4.78 is 12.8. The minimum Gasteiger partial charge on any atom is -0.496 e. The summed E-state index contributed by atoms with van der Waals surface area (Å²) >= 11 is 0. The minimum atomic E-state index is -0.608. The molecule has 2 heterocycles. The smallest absolute Gasteiger partial charge is 0.259 e. The second-order valence-electron chi connectivity index (χ2n) is 8.05. The van der Waals surface area contributed by atoms with E-state index < -0.39 is 5.41 Å². The number of hydrogen-bond acceptors (Lipinski definition) is 5. The number of nitrogens with one attached hydrogen (secondary N) is 1. The van der Waals surface area contributed by atoms with E-state index in [4.69, 9.17) is 9.47 Å². The van der Waals surface area contributed by atoms with Gasteiger partial charge in [-0.1, -0.05) is 6.07 Å². The van der Waals surface area contributed by atoms with Gasteiger partial charge in [-0.15, -0.1) is 0 Å². The van der Waals surface area contributed by atoms with Gasteiger partial charge in [0.05, 0.1) is 37.4 Å². The third-order valence-electron chi connectivity index (χ3n) is 5.47. The number of hydrogen-bond donors (Lipinski definition) is 1. The van der Waals surface area contributed by atoms with Gasteiger partial charge in [-0.2, -0.15) is 10.4 Å². The summed E-state index contributed by atoms with van der Waals surface area (Å²) in [6.07, 6.45) is 5.63. The van der Waals surface area contributed by atoms with Gasteiger partial charge in [0.2, 0.25) is 0 Å². The lowest BCUT2D eigenvalue weighted by atomic mass is 9.87. The maximum atomic E-state index is 12.7.